The quantitative estimate of drug-likeness (QED) is 0.310. The Morgan fingerprint density at radius 1 is 1.12 bits per heavy atom. The summed E-state index contributed by atoms with van der Waals surface area (Å²) in [5, 5.41) is 13.7. The highest BCUT2D eigenvalue weighted by Gasteiger charge is 2.21. The average Bonchev–Trinajstić information content (AvgIpc) is 2.80. The van der Waals surface area contributed by atoms with E-state index in [9.17, 15) is 18.3 Å². The van der Waals surface area contributed by atoms with Crippen molar-refractivity contribution in [3.8, 4) is 23.0 Å². The number of hydrogen-bond acceptors (Lipinski definition) is 7. The molecular formula is C23H22BrN3O6S. The van der Waals surface area contributed by atoms with Gasteiger partial charge in [0.15, 0.2) is 11.5 Å². The number of ether oxygens (including phenoxy) is 2. The summed E-state index contributed by atoms with van der Waals surface area (Å²) >= 11 is 3.20. The minimum atomic E-state index is -3.75. The van der Waals surface area contributed by atoms with Gasteiger partial charge in [0.1, 0.15) is 18.0 Å². The van der Waals surface area contributed by atoms with Gasteiger partial charge in [-0.05, 0) is 70.0 Å². The molecule has 0 bridgehead atoms. The molecule has 3 rings (SSSR count). The highest BCUT2D eigenvalue weighted by atomic mass is 79.9. The lowest BCUT2D eigenvalue weighted by molar-refractivity contribution is -0.119. The number of para-hydroxylation sites is 1. The minimum absolute atomic E-state index is 0.0623. The third kappa shape index (κ3) is 6.72. The number of sulfonamides is 1. The molecule has 0 saturated heterocycles. The zero-order valence-electron chi connectivity index (χ0n) is 18.3. The summed E-state index contributed by atoms with van der Waals surface area (Å²) < 4.78 is 36.8. The van der Waals surface area contributed by atoms with E-state index in [1.54, 1.807) is 42.5 Å². The lowest BCUT2D eigenvalue weighted by Gasteiger charge is -2.21. The van der Waals surface area contributed by atoms with Crippen molar-refractivity contribution in [3.63, 3.8) is 0 Å². The molecule has 0 saturated carbocycles. The Labute approximate surface area is 205 Å². The van der Waals surface area contributed by atoms with E-state index in [0.29, 0.717) is 27.2 Å². The van der Waals surface area contributed by atoms with Crippen LogP contribution in [-0.4, -0.2) is 45.6 Å². The Morgan fingerprint density at radius 2 is 1.76 bits per heavy atom. The van der Waals surface area contributed by atoms with Crippen LogP contribution in [0, 0.1) is 0 Å². The van der Waals surface area contributed by atoms with Gasteiger partial charge in [-0.2, -0.15) is 5.10 Å². The Balaban J connectivity index is 1.68. The number of benzene rings is 3. The van der Waals surface area contributed by atoms with Crippen molar-refractivity contribution in [3.05, 3.63) is 76.8 Å². The van der Waals surface area contributed by atoms with Gasteiger partial charge in [-0.3, -0.25) is 9.10 Å². The predicted molar refractivity (Wildman–Crippen MR) is 133 cm³/mol. The Hall–Kier alpha value is -3.57. The first-order chi connectivity index (χ1) is 16.2. The monoisotopic (exact) mass is 547 g/mol. The molecule has 0 radical (unpaired) electrons. The van der Waals surface area contributed by atoms with E-state index >= 15 is 0 Å². The molecule has 0 atom stereocenters. The van der Waals surface area contributed by atoms with Crippen LogP contribution in [-0.2, 0) is 14.8 Å². The van der Waals surface area contributed by atoms with Crippen molar-refractivity contribution < 1.29 is 27.8 Å². The van der Waals surface area contributed by atoms with E-state index in [1.807, 2.05) is 18.2 Å². The molecule has 0 aromatic heterocycles. The van der Waals surface area contributed by atoms with Crippen LogP contribution < -0.4 is 19.2 Å². The van der Waals surface area contributed by atoms with Crippen LogP contribution in [0.5, 0.6) is 23.0 Å². The highest BCUT2D eigenvalue weighted by Crippen LogP contribution is 2.34. The molecule has 34 heavy (non-hydrogen) atoms. The lowest BCUT2D eigenvalue weighted by Crippen LogP contribution is -2.39. The number of aromatic hydroxyl groups is 1. The van der Waals surface area contributed by atoms with Gasteiger partial charge < -0.3 is 14.6 Å². The molecule has 0 unspecified atom stereocenters. The van der Waals surface area contributed by atoms with Gasteiger partial charge in [-0.25, -0.2) is 13.8 Å². The highest BCUT2D eigenvalue weighted by molar-refractivity contribution is 9.10. The Kier molecular flexibility index (Phi) is 8.13. The second-order valence-electron chi connectivity index (χ2n) is 7.03. The number of amides is 1. The fourth-order valence-electron chi connectivity index (χ4n) is 2.87. The van der Waals surface area contributed by atoms with Crippen molar-refractivity contribution in [2.75, 3.05) is 24.2 Å². The summed E-state index contributed by atoms with van der Waals surface area (Å²) in [5.41, 5.74) is 3.14. The summed E-state index contributed by atoms with van der Waals surface area (Å²) in [6.45, 7) is -0.475. The summed E-state index contributed by atoms with van der Waals surface area (Å²) in [7, 11) is -2.35. The number of rotatable bonds is 9. The molecule has 0 aliphatic heterocycles. The normalized spacial score (nSPS) is 11.3. The second-order valence-corrected chi connectivity index (χ2v) is 9.79. The van der Waals surface area contributed by atoms with Gasteiger partial charge in [-0.15, -0.1) is 0 Å². The topological polar surface area (TPSA) is 118 Å². The maximum absolute atomic E-state index is 12.4. The largest absolute Gasteiger partial charge is 0.503 e. The first-order valence-corrected chi connectivity index (χ1v) is 12.5. The number of halogens is 1. The zero-order valence-corrected chi connectivity index (χ0v) is 20.7. The molecule has 0 heterocycles. The summed E-state index contributed by atoms with van der Waals surface area (Å²) in [6.07, 6.45) is 2.35. The van der Waals surface area contributed by atoms with Crippen LogP contribution >= 0.6 is 15.9 Å². The lowest BCUT2D eigenvalue weighted by atomic mass is 10.2. The van der Waals surface area contributed by atoms with Crippen LogP contribution in [0.15, 0.2) is 76.3 Å². The molecule has 11 heteroatoms. The van der Waals surface area contributed by atoms with Gasteiger partial charge in [0.05, 0.1) is 29.7 Å². The number of methoxy groups -OCH3 is 1. The first-order valence-electron chi connectivity index (χ1n) is 9.86. The molecule has 178 valence electrons. The molecule has 0 fully saturated rings. The SMILES string of the molecule is COc1cc(/C=N\NC(=O)CN(c2ccc(Oc3ccccc3)cc2)S(C)(=O)=O)cc(Br)c1O. The number of carbonyl (C=O) groups excluding carboxylic acids is 1. The fraction of sp³-hybridized carbons (Fsp3) is 0.130. The molecule has 3 aromatic rings. The molecule has 1 amide bonds. The molecule has 0 aliphatic carbocycles. The van der Waals surface area contributed by atoms with Crippen LogP contribution in [0.1, 0.15) is 5.56 Å². The van der Waals surface area contributed by atoms with E-state index in [-0.39, 0.29) is 11.5 Å². The smallest absolute Gasteiger partial charge is 0.260 e. The van der Waals surface area contributed by atoms with Crippen LogP contribution in [0.3, 0.4) is 0 Å². The minimum Gasteiger partial charge on any atom is -0.503 e. The number of hydrogen-bond donors (Lipinski definition) is 2. The summed E-state index contributed by atoms with van der Waals surface area (Å²) in [5.74, 6) is 0.688. The van der Waals surface area contributed by atoms with Crippen LogP contribution in [0.2, 0.25) is 0 Å². The van der Waals surface area contributed by atoms with Gasteiger partial charge in [0, 0.05) is 0 Å². The number of phenolic OH excluding ortho intramolecular Hbond substituents is 1. The number of phenols is 1. The van der Waals surface area contributed by atoms with E-state index in [1.165, 1.54) is 19.4 Å². The van der Waals surface area contributed by atoms with E-state index in [4.69, 9.17) is 9.47 Å². The van der Waals surface area contributed by atoms with Gasteiger partial charge in [-0.1, -0.05) is 18.2 Å². The first kappa shape index (κ1) is 25.1. The Bertz CT molecular complexity index is 1280. The average molecular weight is 548 g/mol. The summed E-state index contributed by atoms with van der Waals surface area (Å²) in [6, 6.07) is 18.6. The van der Waals surface area contributed by atoms with Crippen molar-refractivity contribution in [1.82, 2.24) is 5.43 Å². The Morgan fingerprint density at radius 3 is 2.38 bits per heavy atom. The van der Waals surface area contributed by atoms with Crippen LogP contribution in [0.4, 0.5) is 5.69 Å². The number of hydrazone groups is 1. The molecule has 3 aromatic carbocycles. The van der Waals surface area contributed by atoms with Crippen molar-refractivity contribution in [2.24, 2.45) is 5.10 Å². The number of anilines is 1. The van der Waals surface area contributed by atoms with E-state index in [0.717, 1.165) is 10.6 Å². The van der Waals surface area contributed by atoms with Gasteiger partial charge in [0.2, 0.25) is 10.0 Å². The predicted octanol–water partition coefficient (Wildman–Crippen LogP) is 3.87. The third-order valence-electron chi connectivity index (χ3n) is 4.46. The molecule has 2 N–H and O–H groups in total. The van der Waals surface area contributed by atoms with Gasteiger partial charge >= 0.3 is 0 Å². The maximum Gasteiger partial charge on any atom is 0.260 e. The third-order valence-corrected chi connectivity index (χ3v) is 6.21. The molecule has 9 nitrogen and oxygen atoms in total. The fourth-order valence-corrected chi connectivity index (χ4v) is 4.19. The summed E-state index contributed by atoms with van der Waals surface area (Å²) in [4.78, 5) is 12.4. The van der Waals surface area contributed by atoms with Crippen molar-refractivity contribution >= 4 is 43.8 Å². The number of nitrogens with one attached hydrogen (secondary N) is 1. The molecule has 0 aliphatic rings. The second kappa shape index (κ2) is 11.0. The number of carbonyl (C=O) groups is 1. The molecule has 0 spiro atoms. The van der Waals surface area contributed by atoms with E-state index < -0.39 is 22.5 Å². The molecular weight excluding hydrogens is 526 g/mol. The maximum atomic E-state index is 12.4. The van der Waals surface area contributed by atoms with Crippen molar-refractivity contribution in [1.29, 1.82) is 0 Å². The van der Waals surface area contributed by atoms with Crippen LogP contribution in [0.25, 0.3) is 0 Å². The van der Waals surface area contributed by atoms with Crippen molar-refractivity contribution in [2.45, 2.75) is 0 Å². The number of nitrogens with zero attached hydrogens (tertiary/aromatic N) is 2. The zero-order chi connectivity index (χ0) is 24.7. The standard InChI is InChI=1S/C23H22BrN3O6S/c1-32-21-13-16(12-20(24)23(21)29)14-25-26-22(28)15-27(34(2,30)31)17-8-10-19(11-9-17)33-18-6-4-3-5-7-18/h3-14,29H,15H2,1-2H3,(H,26,28)/b25-14-. The van der Waals surface area contributed by atoms with E-state index in [2.05, 4.69) is 26.5 Å². The van der Waals surface area contributed by atoms with Gasteiger partial charge in [0.25, 0.3) is 5.91 Å².